The van der Waals surface area contributed by atoms with E-state index in [-0.39, 0.29) is 5.78 Å². The molecule has 0 bridgehead atoms. The highest BCUT2D eigenvalue weighted by molar-refractivity contribution is 6.13. The number of hydrogen-bond donors (Lipinski definition) is 0. The fourth-order valence-corrected chi connectivity index (χ4v) is 2.59. The molecule has 0 spiro atoms. The summed E-state index contributed by atoms with van der Waals surface area (Å²) < 4.78 is 3.55. The smallest absolute Gasteiger partial charge is 0.185 e. The number of nitrogens with zero attached hydrogens (tertiary/aromatic N) is 4. The summed E-state index contributed by atoms with van der Waals surface area (Å²) in [6.07, 6.45) is 10.0. The van der Waals surface area contributed by atoms with Gasteiger partial charge in [-0.1, -0.05) is 0 Å². The van der Waals surface area contributed by atoms with E-state index >= 15 is 0 Å². The summed E-state index contributed by atoms with van der Waals surface area (Å²) in [5.74, 6) is 0.142. The lowest BCUT2D eigenvalue weighted by Gasteiger charge is -2.16. The Balaban J connectivity index is 1.91. The first-order chi connectivity index (χ1) is 10.1. The van der Waals surface area contributed by atoms with Crippen molar-refractivity contribution < 1.29 is 4.79 Å². The molecular weight excluding hydrogens is 264 g/mol. The Labute approximate surface area is 123 Å². The molecule has 1 saturated carbocycles. The maximum absolute atomic E-state index is 12.6. The number of rotatable bonds is 2. The van der Waals surface area contributed by atoms with Gasteiger partial charge in [-0.3, -0.25) is 14.2 Å². The van der Waals surface area contributed by atoms with E-state index < -0.39 is 0 Å². The lowest BCUT2D eigenvalue weighted by Crippen LogP contribution is -2.13. The number of ketones is 1. The molecule has 0 aromatic carbocycles. The Morgan fingerprint density at radius 3 is 1.81 bits per heavy atom. The van der Waals surface area contributed by atoms with Crippen molar-refractivity contribution in [2.75, 3.05) is 0 Å². The van der Waals surface area contributed by atoms with E-state index in [1.165, 1.54) is 0 Å². The summed E-state index contributed by atoms with van der Waals surface area (Å²) in [6, 6.07) is 3.83. The zero-order chi connectivity index (χ0) is 14.8. The van der Waals surface area contributed by atoms with E-state index in [9.17, 15) is 4.79 Å². The van der Waals surface area contributed by atoms with Gasteiger partial charge in [0.2, 0.25) is 0 Å². The van der Waals surface area contributed by atoms with Gasteiger partial charge in [-0.25, -0.2) is 0 Å². The summed E-state index contributed by atoms with van der Waals surface area (Å²) in [4.78, 5) is 12.6. The lowest BCUT2D eigenvalue weighted by molar-refractivity contribution is -0.112. The number of Topliss-reactive ketones (excluding diaryl/α,β-unsaturated/α-hetero) is 1. The average Bonchev–Trinajstić information content (AvgIpc) is 3.04. The molecule has 2 aromatic rings. The van der Waals surface area contributed by atoms with E-state index in [0.717, 1.165) is 41.8 Å². The molecule has 0 aliphatic heterocycles. The van der Waals surface area contributed by atoms with E-state index in [1.807, 2.05) is 38.4 Å². The Bertz CT molecular complexity index is 673. The monoisotopic (exact) mass is 282 g/mol. The molecule has 0 radical (unpaired) electrons. The Kier molecular flexibility index (Phi) is 3.56. The summed E-state index contributed by atoms with van der Waals surface area (Å²) in [6.45, 7) is 0. The summed E-state index contributed by atoms with van der Waals surface area (Å²) in [5.41, 5.74) is 3.64. The molecule has 0 N–H and O–H groups in total. The largest absolute Gasteiger partial charge is 0.289 e. The molecule has 108 valence electrons. The van der Waals surface area contributed by atoms with Gasteiger partial charge in [0, 0.05) is 37.6 Å². The van der Waals surface area contributed by atoms with Gasteiger partial charge < -0.3 is 0 Å². The summed E-state index contributed by atoms with van der Waals surface area (Å²) in [7, 11) is 3.76. The van der Waals surface area contributed by atoms with Crippen LogP contribution in [-0.4, -0.2) is 25.3 Å². The minimum atomic E-state index is 0.142. The van der Waals surface area contributed by atoms with Crippen LogP contribution in [0, 0.1) is 0 Å². The van der Waals surface area contributed by atoms with Gasteiger partial charge in [-0.2, -0.15) is 10.2 Å². The highest BCUT2D eigenvalue weighted by Crippen LogP contribution is 2.27. The van der Waals surface area contributed by atoms with Gasteiger partial charge in [0.25, 0.3) is 0 Å². The maximum atomic E-state index is 12.6. The topological polar surface area (TPSA) is 52.7 Å². The zero-order valence-corrected chi connectivity index (χ0v) is 12.3. The second-order valence-electron chi connectivity index (χ2n) is 5.28. The third kappa shape index (κ3) is 2.72. The highest BCUT2D eigenvalue weighted by Gasteiger charge is 2.21. The second kappa shape index (κ2) is 5.52. The predicted octanol–water partition coefficient (Wildman–Crippen LogP) is 2.37. The molecule has 1 fully saturated rings. The van der Waals surface area contributed by atoms with E-state index in [0.29, 0.717) is 0 Å². The van der Waals surface area contributed by atoms with Crippen LogP contribution >= 0.6 is 0 Å². The maximum Gasteiger partial charge on any atom is 0.185 e. The van der Waals surface area contributed by atoms with Crippen LogP contribution < -0.4 is 0 Å². The minimum Gasteiger partial charge on any atom is -0.289 e. The van der Waals surface area contributed by atoms with Gasteiger partial charge in [0.15, 0.2) is 5.78 Å². The summed E-state index contributed by atoms with van der Waals surface area (Å²) >= 11 is 0. The van der Waals surface area contributed by atoms with Gasteiger partial charge in [-0.15, -0.1) is 0 Å². The van der Waals surface area contributed by atoms with Crippen molar-refractivity contribution in [2.45, 2.75) is 19.3 Å². The standard InChI is InChI=1S/C16H18N4O/c1-19-14(6-8-17-19)10-12-4-3-5-13(16(12)21)11-15-7-9-18-20(15)2/h6-11H,3-5H2,1-2H3. The number of aryl methyl sites for hydroxylation is 2. The molecule has 2 aromatic heterocycles. The lowest BCUT2D eigenvalue weighted by atomic mass is 9.88. The Hall–Kier alpha value is -2.43. The van der Waals surface area contributed by atoms with Gasteiger partial charge in [-0.05, 0) is 43.5 Å². The first-order valence-corrected chi connectivity index (χ1v) is 7.07. The molecular formula is C16H18N4O. The third-order valence-electron chi connectivity index (χ3n) is 3.84. The van der Waals surface area contributed by atoms with Crippen molar-refractivity contribution in [3.63, 3.8) is 0 Å². The van der Waals surface area contributed by atoms with Crippen LogP contribution in [-0.2, 0) is 18.9 Å². The van der Waals surface area contributed by atoms with E-state index in [1.54, 1.807) is 21.8 Å². The second-order valence-corrected chi connectivity index (χ2v) is 5.28. The number of carbonyl (C=O) groups excluding carboxylic acids is 1. The number of hydrogen-bond acceptors (Lipinski definition) is 3. The van der Waals surface area contributed by atoms with Crippen LogP contribution in [0.5, 0.6) is 0 Å². The molecule has 5 nitrogen and oxygen atoms in total. The van der Waals surface area contributed by atoms with Crippen LogP contribution in [0.1, 0.15) is 30.7 Å². The molecule has 1 aliphatic rings. The molecule has 2 heterocycles. The first-order valence-electron chi connectivity index (χ1n) is 7.07. The van der Waals surface area contributed by atoms with Crippen molar-refractivity contribution in [2.24, 2.45) is 14.1 Å². The SMILES string of the molecule is Cn1nccc1C=C1CCCC(=Cc2ccnn2C)C1=O. The van der Waals surface area contributed by atoms with Crippen molar-refractivity contribution in [3.05, 3.63) is 47.1 Å². The van der Waals surface area contributed by atoms with Crippen molar-refractivity contribution in [1.82, 2.24) is 19.6 Å². The molecule has 0 saturated heterocycles. The first kappa shape index (κ1) is 13.5. The number of aromatic nitrogens is 4. The highest BCUT2D eigenvalue weighted by atomic mass is 16.1. The predicted molar refractivity (Wildman–Crippen MR) is 81.2 cm³/mol. The van der Waals surface area contributed by atoms with Crippen LogP contribution in [0.2, 0.25) is 0 Å². The molecule has 1 aliphatic carbocycles. The van der Waals surface area contributed by atoms with Crippen molar-refractivity contribution in [3.8, 4) is 0 Å². The van der Waals surface area contributed by atoms with Crippen molar-refractivity contribution in [1.29, 1.82) is 0 Å². The Morgan fingerprint density at radius 1 is 0.952 bits per heavy atom. The Morgan fingerprint density at radius 2 is 1.43 bits per heavy atom. The quantitative estimate of drug-likeness (QED) is 0.795. The molecule has 0 atom stereocenters. The fraction of sp³-hybridized carbons (Fsp3) is 0.312. The van der Waals surface area contributed by atoms with Gasteiger partial charge in [0.05, 0.1) is 11.4 Å². The third-order valence-corrected chi connectivity index (χ3v) is 3.84. The van der Waals surface area contributed by atoms with Crippen LogP contribution in [0.25, 0.3) is 12.2 Å². The van der Waals surface area contributed by atoms with E-state index in [2.05, 4.69) is 10.2 Å². The molecule has 21 heavy (non-hydrogen) atoms. The van der Waals surface area contributed by atoms with E-state index in [4.69, 9.17) is 0 Å². The average molecular weight is 282 g/mol. The molecule has 5 heteroatoms. The van der Waals surface area contributed by atoms with Crippen LogP contribution in [0.15, 0.2) is 35.7 Å². The van der Waals surface area contributed by atoms with Crippen LogP contribution in [0.3, 0.4) is 0 Å². The summed E-state index contributed by atoms with van der Waals surface area (Å²) in [5, 5.41) is 8.27. The van der Waals surface area contributed by atoms with Crippen LogP contribution in [0.4, 0.5) is 0 Å². The van der Waals surface area contributed by atoms with Gasteiger partial charge in [0.1, 0.15) is 0 Å². The van der Waals surface area contributed by atoms with Crippen molar-refractivity contribution >= 4 is 17.9 Å². The fourth-order valence-electron chi connectivity index (χ4n) is 2.59. The molecule has 0 amide bonds. The normalized spacial score (nSPS) is 19.6. The molecule has 0 unspecified atom stereocenters. The number of allylic oxidation sites excluding steroid dienone is 2. The number of carbonyl (C=O) groups is 1. The van der Waals surface area contributed by atoms with Gasteiger partial charge >= 0.3 is 0 Å². The zero-order valence-electron chi connectivity index (χ0n) is 12.3. The minimum absolute atomic E-state index is 0.142. The molecule has 3 rings (SSSR count).